The van der Waals surface area contributed by atoms with Crippen LogP contribution >= 0.6 is 11.8 Å². The van der Waals surface area contributed by atoms with Crippen molar-refractivity contribution in [1.82, 2.24) is 10.1 Å². The summed E-state index contributed by atoms with van der Waals surface area (Å²) in [6.07, 6.45) is 3.34. The van der Waals surface area contributed by atoms with Gasteiger partial charge in [0.05, 0.1) is 17.8 Å². The lowest BCUT2D eigenvalue weighted by atomic mass is 10.1. The fraction of sp³-hybridized carbons (Fsp3) is 0.357. The molecule has 0 aromatic carbocycles. The second-order valence-corrected chi connectivity index (χ2v) is 5.51. The Labute approximate surface area is 122 Å². The molecule has 0 spiro atoms. The van der Waals surface area contributed by atoms with E-state index in [1.54, 1.807) is 24.0 Å². The van der Waals surface area contributed by atoms with Crippen LogP contribution in [0.5, 0.6) is 0 Å². The van der Waals surface area contributed by atoms with E-state index in [0.29, 0.717) is 11.3 Å². The van der Waals surface area contributed by atoms with Crippen LogP contribution in [0.25, 0.3) is 0 Å². The van der Waals surface area contributed by atoms with Crippen molar-refractivity contribution in [2.45, 2.75) is 30.8 Å². The first-order valence-corrected chi connectivity index (χ1v) is 7.36. The van der Waals surface area contributed by atoms with Gasteiger partial charge in [0, 0.05) is 11.8 Å². The van der Waals surface area contributed by atoms with Crippen LogP contribution in [0, 0.1) is 18.3 Å². The number of aromatic nitrogens is 2. The molecule has 5 nitrogen and oxygen atoms in total. The predicted molar refractivity (Wildman–Crippen MR) is 77.1 cm³/mol. The molecule has 0 bridgehead atoms. The first kappa shape index (κ1) is 14.6. The van der Waals surface area contributed by atoms with Crippen molar-refractivity contribution in [1.29, 1.82) is 5.26 Å². The van der Waals surface area contributed by atoms with E-state index >= 15 is 0 Å². The maximum Gasteiger partial charge on any atom is 0.153 e. The first-order chi connectivity index (χ1) is 9.70. The van der Waals surface area contributed by atoms with Gasteiger partial charge in [0.25, 0.3) is 0 Å². The van der Waals surface area contributed by atoms with Crippen LogP contribution in [-0.2, 0) is 0 Å². The molecular weight excluding hydrogens is 272 g/mol. The summed E-state index contributed by atoms with van der Waals surface area (Å²) < 4.78 is 5.03. The Balaban J connectivity index is 1.82. The van der Waals surface area contributed by atoms with Gasteiger partial charge in [-0.15, -0.1) is 11.8 Å². The second kappa shape index (κ2) is 7.08. The molecular formula is C14H16N4OS. The third kappa shape index (κ3) is 3.83. The molecule has 2 aromatic rings. The Hall–Kier alpha value is -1.84. The van der Waals surface area contributed by atoms with Crippen LogP contribution in [0.4, 0.5) is 0 Å². The Morgan fingerprint density at radius 2 is 2.30 bits per heavy atom. The molecule has 2 N–H and O–H groups in total. The lowest BCUT2D eigenvalue weighted by Crippen LogP contribution is -2.09. The number of nitrogens with zero attached hydrogens (tertiary/aromatic N) is 3. The van der Waals surface area contributed by atoms with Gasteiger partial charge in [-0.2, -0.15) is 5.26 Å². The van der Waals surface area contributed by atoms with E-state index in [1.807, 2.05) is 19.1 Å². The minimum Gasteiger partial charge on any atom is -0.360 e. The lowest BCUT2D eigenvalue weighted by Gasteiger charge is -2.08. The summed E-state index contributed by atoms with van der Waals surface area (Å²) in [5.41, 5.74) is 7.53. The molecule has 0 amide bonds. The van der Waals surface area contributed by atoms with Gasteiger partial charge in [-0.25, -0.2) is 4.98 Å². The van der Waals surface area contributed by atoms with Gasteiger partial charge in [-0.05, 0) is 37.7 Å². The van der Waals surface area contributed by atoms with Crippen LogP contribution in [0.2, 0.25) is 0 Å². The van der Waals surface area contributed by atoms with Crippen LogP contribution in [0.1, 0.15) is 35.9 Å². The zero-order valence-corrected chi connectivity index (χ0v) is 12.1. The summed E-state index contributed by atoms with van der Waals surface area (Å²) in [7, 11) is 0. The highest BCUT2D eigenvalue weighted by Crippen LogP contribution is 2.23. The molecule has 0 saturated heterocycles. The molecule has 0 fully saturated rings. The van der Waals surface area contributed by atoms with E-state index in [0.717, 1.165) is 29.3 Å². The molecule has 6 heteroatoms. The topological polar surface area (TPSA) is 88.7 Å². The molecule has 0 saturated carbocycles. The Bertz CT molecular complexity index is 592. The van der Waals surface area contributed by atoms with E-state index in [9.17, 15) is 0 Å². The van der Waals surface area contributed by atoms with Crippen molar-refractivity contribution >= 4 is 11.8 Å². The SMILES string of the molecule is Cc1ccc(C#N)c(SCCCC(N)c2ccno2)n1. The number of hydrogen-bond acceptors (Lipinski definition) is 6. The molecule has 1 unspecified atom stereocenters. The summed E-state index contributed by atoms with van der Waals surface area (Å²) in [4.78, 5) is 4.39. The maximum absolute atomic E-state index is 9.04. The molecule has 1 atom stereocenters. The number of nitriles is 1. The minimum absolute atomic E-state index is 0.126. The summed E-state index contributed by atoms with van der Waals surface area (Å²) >= 11 is 1.59. The van der Waals surface area contributed by atoms with Crippen LogP contribution in [0.15, 0.2) is 33.9 Å². The van der Waals surface area contributed by atoms with Crippen LogP contribution < -0.4 is 5.73 Å². The summed E-state index contributed by atoms with van der Waals surface area (Å²) in [5, 5.41) is 13.5. The summed E-state index contributed by atoms with van der Waals surface area (Å²) in [5.74, 6) is 1.58. The van der Waals surface area contributed by atoms with Crippen molar-refractivity contribution in [2.24, 2.45) is 5.73 Å². The standard InChI is InChI=1S/C14H16N4OS/c1-10-4-5-11(9-15)14(18-10)20-8-2-3-12(16)13-6-7-17-19-13/h4-7,12H,2-3,8,16H2,1H3. The highest BCUT2D eigenvalue weighted by Gasteiger charge is 2.10. The average Bonchev–Trinajstić information content (AvgIpc) is 2.98. The molecule has 2 aromatic heterocycles. The Morgan fingerprint density at radius 1 is 1.45 bits per heavy atom. The van der Waals surface area contributed by atoms with Crippen molar-refractivity contribution in [3.05, 3.63) is 41.4 Å². The predicted octanol–water partition coefficient (Wildman–Crippen LogP) is 2.82. The molecule has 2 heterocycles. The number of rotatable bonds is 6. The van der Waals surface area contributed by atoms with Crippen molar-refractivity contribution in [3.8, 4) is 6.07 Å². The number of pyridine rings is 1. The normalized spacial score (nSPS) is 12.1. The van der Waals surface area contributed by atoms with Gasteiger partial charge in [0.2, 0.25) is 0 Å². The zero-order chi connectivity index (χ0) is 14.4. The van der Waals surface area contributed by atoms with Gasteiger partial charge in [-0.3, -0.25) is 0 Å². The monoisotopic (exact) mass is 288 g/mol. The van der Waals surface area contributed by atoms with E-state index in [-0.39, 0.29) is 6.04 Å². The lowest BCUT2D eigenvalue weighted by molar-refractivity contribution is 0.355. The van der Waals surface area contributed by atoms with Crippen LogP contribution in [-0.4, -0.2) is 15.9 Å². The summed E-state index contributed by atoms with van der Waals surface area (Å²) in [6, 6.07) is 7.48. The van der Waals surface area contributed by atoms with E-state index in [4.69, 9.17) is 15.5 Å². The number of hydrogen-bond donors (Lipinski definition) is 1. The highest BCUT2D eigenvalue weighted by atomic mass is 32.2. The maximum atomic E-state index is 9.04. The van der Waals surface area contributed by atoms with E-state index < -0.39 is 0 Å². The van der Waals surface area contributed by atoms with Crippen LogP contribution in [0.3, 0.4) is 0 Å². The smallest absolute Gasteiger partial charge is 0.153 e. The second-order valence-electron chi connectivity index (χ2n) is 4.43. The fourth-order valence-corrected chi connectivity index (χ4v) is 2.74. The van der Waals surface area contributed by atoms with Gasteiger partial charge < -0.3 is 10.3 Å². The average molecular weight is 288 g/mol. The molecule has 20 heavy (non-hydrogen) atoms. The quantitative estimate of drug-likeness (QED) is 0.649. The third-order valence-corrected chi connectivity index (χ3v) is 3.92. The van der Waals surface area contributed by atoms with Gasteiger partial charge in [0.1, 0.15) is 11.1 Å². The first-order valence-electron chi connectivity index (χ1n) is 6.37. The molecule has 2 rings (SSSR count). The van der Waals surface area contributed by atoms with Gasteiger partial charge in [0.15, 0.2) is 5.76 Å². The number of thioether (sulfide) groups is 1. The zero-order valence-electron chi connectivity index (χ0n) is 11.2. The molecule has 104 valence electrons. The molecule has 0 radical (unpaired) electrons. The highest BCUT2D eigenvalue weighted by molar-refractivity contribution is 7.99. The van der Waals surface area contributed by atoms with E-state index in [2.05, 4.69) is 16.2 Å². The van der Waals surface area contributed by atoms with Crippen molar-refractivity contribution in [2.75, 3.05) is 5.75 Å². The Morgan fingerprint density at radius 3 is 3.00 bits per heavy atom. The number of aryl methyl sites for hydroxylation is 1. The summed E-state index contributed by atoms with van der Waals surface area (Å²) in [6.45, 7) is 1.92. The van der Waals surface area contributed by atoms with Crippen molar-refractivity contribution in [3.63, 3.8) is 0 Å². The molecule has 0 aliphatic carbocycles. The molecule has 0 aliphatic heterocycles. The van der Waals surface area contributed by atoms with Crippen molar-refractivity contribution < 1.29 is 4.52 Å². The van der Waals surface area contributed by atoms with Gasteiger partial charge in [-0.1, -0.05) is 5.16 Å². The minimum atomic E-state index is -0.126. The number of nitrogens with two attached hydrogens (primary N) is 1. The third-order valence-electron chi connectivity index (χ3n) is 2.84. The largest absolute Gasteiger partial charge is 0.360 e. The Kier molecular flexibility index (Phi) is 5.16. The fourth-order valence-electron chi connectivity index (χ4n) is 1.76. The molecule has 0 aliphatic rings. The van der Waals surface area contributed by atoms with E-state index in [1.165, 1.54) is 0 Å². The van der Waals surface area contributed by atoms with Gasteiger partial charge >= 0.3 is 0 Å².